The molecule has 2 aliphatic heterocycles. The molecule has 0 aliphatic carbocycles. The van der Waals surface area contributed by atoms with Crippen LogP contribution >= 0.6 is 0 Å². The lowest BCUT2D eigenvalue weighted by Gasteiger charge is -2.32. The molecule has 0 aromatic carbocycles. The number of carbonyl (C=O) groups excluding carboxylic acids is 2. The Hall–Kier alpha value is -1.62. The molecule has 0 saturated carbocycles. The molecular weight excluding hydrogens is 416 g/mol. The first kappa shape index (κ1) is 28.4. The Bertz CT molecular complexity index is 526. The molecule has 10 heteroatoms. The van der Waals surface area contributed by atoms with Crippen LogP contribution in [0.3, 0.4) is 0 Å². The number of alkyl carbamates (subject to hydrolysis) is 2. The van der Waals surface area contributed by atoms with Gasteiger partial charge in [-0.15, -0.1) is 0 Å². The van der Waals surface area contributed by atoms with Crippen LogP contribution < -0.4 is 21.3 Å². The Morgan fingerprint density at radius 3 is 1.41 bits per heavy atom. The van der Waals surface area contributed by atoms with Crippen molar-refractivity contribution >= 4 is 12.2 Å². The lowest BCUT2D eigenvalue weighted by Crippen LogP contribution is -2.51. The van der Waals surface area contributed by atoms with E-state index in [4.69, 9.17) is 9.47 Å². The predicted molar refractivity (Wildman–Crippen MR) is 122 cm³/mol. The number of aliphatic hydroxyl groups excluding tert-OH is 2. The van der Waals surface area contributed by atoms with E-state index in [0.717, 1.165) is 39.0 Å². The van der Waals surface area contributed by atoms with Gasteiger partial charge < -0.3 is 41.0 Å². The van der Waals surface area contributed by atoms with Crippen LogP contribution in [0.4, 0.5) is 9.59 Å². The molecule has 2 saturated heterocycles. The van der Waals surface area contributed by atoms with Crippen LogP contribution in [0.1, 0.15) is 54.4 Å². The summed E-state index contributed by atoms with van der Waals surface area (Å²) in [5, 5.41) is 30.4. The van der Waals surface area contributed by atoms with Crippen molar-refractivity contribution < 1.29 is 29.3 Å². The van der Waals surface area contributed by atoms with Crippen molar-refractivity contribution in [2.24, 2.45) is 11.8 Å². The number of amides is 2. The average molecular weight is 461 g/mol. The van der Waals surface area contributed by atoms with Crippen molar-refractivity contribution in [3.05, 3.63) is 0 Å². The maximum Gasteiger partial charge on any atom is 0.407 e. The zero-order valence-corrected chi connectivity index (χ0v) is 20.5. The van der Waals surface area contributed by atoms with E-state index >= 15 is 0 Å². The highest BCUT2D eigenvalue weighted by molar-refractivity contribution is 5.68. The van der Waals surface area contributed by atoms with E-state index in [2.05, 4.69) is 21.3 Å². The average Bonchev–Trinajstić information content (AvgIpc) is 2.66. The standard InChI is InChI=1S/2C11H22N2O3/c2*1-11(2,3)16-10(15)13-9-4-5-12-6-8(9)7-14/h2*8-9,12,14H,4-7H2,1-3H3,(H,13,15)/t2*8-,9+/m10/s1. The van der Waals surface area contributed by atoms with E-state index in [-0.39, 0.29) is 37.1 Å². The van der Waals surface area contributed by atoms with E-state index in [0.29, 0.717) is 0 Å². The number of hydrogen-bond acceptors (Lipinski definition) is 8. The number of nitrogens with one attached hydrogen (secondary N) is 4. The number of rotatable bonds is 4. The fourth-order valence-corrected chi connectivity index (χ4v) is 3.53. The van der Waals surface area contributed by atoms with Crippen molar-refractivity contribution in [3.63, 3.8) is 0 Å². The fraction of sp³-hybridized carbons (Fsp3) is 0.909. The van der Waals surface area contributed by atoms with Crippen molar-refractivity contribution in [2.75, 3.05) is 39.4 Å². The van der Waals surface area contributed by atoms with E-state index in [1.807, 2.05) is 41.5 Å². The summed E-state index contributed by atoms with van der Waals surface area (Å²) in [7, 11) is 0. The molecule has 188 valence electrons. The lowest BCUT2D eigenvalue weighted by molar-refractivity contribution is 0.0441. The number of hydrogen-bond donors (Lipinski definition) is 6. The minimum Gasteiger partial charge on any atom is -0.444 e. The smallest absolute Gasteiger partial charge is 0.407 e. The molecule has 2 fully saturated rings. The van der Waals surface area contributed by atoms with Crippen molar-refractivity contribution in [2.45, 2.75) is 77.7 Å². The van der Waals surface area contributed by atoms with Crippen LogP contribution in [0, 0.1) is 11.8 Å². The largest absolute Gasteiger partial charge is 0.444 e. The molecule has 32 heavy (non-hydrogen) atoms. The Labute approximate surface area is 192 Å². The summed E-state index contributed by atoms with van der Waals surface area (Å²) < 4.78 is 10.4. The third-order valence-corrected chi connectivity index (χ3v) is 5.09. The molecular formula is C22H44N4O6. The lowest BCUT2D eigenvalue weighted by atomic mass is 9.94. The van der Waals surface area contributed by atoms with Gasteiger partial charge in [0.1, 0.15) is 11.2 Å². The molecule has 2 rings (SSSR count). The second kappa shape index (κ2) is 13.2. The summed E-state index contributed by atoms with van der Waals surface area (Å²) in [4.78, 5) is 23.1. The zero-order valence-electron chi connectivity index (χ0n) is 20.5. The molecule has 2 aliphatic rings. The third kappa shape index (κ3) is 11.8. The van der Waals surface area contributed by atoms with Gasteiger partial charge in [-0.1, -0.05) is 0 Å². The molecule has 4 atom stereocenters. The Morgan fingerprint density at radius 2 is 1.12 bits per heavy atom. The third-order valence-electron chi connectivity index (χ3n) is 5.09. The van der Waals surface area contributed by atoms with Gasteiger partial charge in [-0.25, -0.2) is 9.59 Å². The van der Waals surface area contributed by atoms with Gasteiger partial charge in [0, 0.05) is 50.2 Å². The summed E-state index contributed by atoms with van der Waals surface area (Å²) in [6, 6.07) is 0.00204. The predicted octanol–water partition coefficient (Wildman–Crippen LogP) is 0.963. The molecule has 0 radical (unpaired) electrons. The summed E-state index contributed by atoms with van der Waals surface area (Å²) in [6.07, 6.45) is 0.838. The molecule has 10 nitrogen and oxygen atoms in total. The normalized spacial score (nSPS) is 26.2. The number of aliphatic hydroxyl groups is 2. The molecule has 0 aromatic rings. The SMILES string of the molecule is CC(C)(C)OC(=O)N[C@@H]1CCNC[C@H]1CO.CC(C)(C)OC(=O)N[C@H]1CCNC[C@@H]1CO. The van der Waals surface area contributed by atoms with Crippen LogP contribution in [0.15, 0.2) is 0 Å². The number of carbonyl (C=O) groups is 2. The van der Waals surface area contributed by atoms with Crippen LogP contribution in [0.5, 0.6) is 0 Å². The van der Waals surface area contributed by atoms with Crippen LogP contribution in [-0.4, -0.2) is 85.1 Å². The highest BCUT2D eigenvalue weighted by Gasteiger charge is 2.28. The van der Waals surface area contributed by atoms with Crippen LogP contribution in [0.25, 0.3) is 0 Å². The van der Waals surface area contributed by atoms with Crippen molar-refractivity contribution in [1.82, 2.24) is 21.3 Å². The van der Waals surface area contributed by atoms with Gasteiger partial charge in [-0.2, -0.15) is 0 Å². The number of piperidine rings is 2. The topological polar surface area (TPSA) is 141 Å². The quantitative estimate of drug-likeness (QED) is 0.364. The summed E-state index contributed by atoms with van der Waals surface area (Å²) in [5.41, 5.74) is -0.961. The maximum absolute atomic E-state index is 11.6. The molecule has 0 spiro atoms. The van der Waals surface area contributed by atoms with Gasteiger partial charge >= 0.3 is 12.2 Å². The molecule has 0 bridgehead atoms. The Balaban J connectivity index is 0.000000320. The molecule has 0 aromatic heterocycles. The monoisotopic (exact) mass is 460 g/mol. The van der Waals surface area contributed by atoms with Gasteiger partial charge in [0.2, 0.25) is 0 Å². The highest BCUT2D eigenvalue weighted by Crippen LogP contribution is 2.14. The summed E-state index contributed by atoms with van der Waals surface area (Å²) in [6.45, 7) is 14.3. The molecule has 0 unspecified atom stereocenters. The summed E-state index contributed by atoms with van der Waals surface area (Å²) in [5.74, 6) is 0.141. The molecule has 6 N–H and O–H groups in total. The zero-order chi connectivity index (χ0) is 24.4. The van der Waals surface area contributed by atoms with Gasteiger partial charge in [0.15, 0.2) is 0 Å². The minimum absolute atomic E-state index is 0.00102. The van der Waals surface area contributed by atoms with Crippen LogP contribution in [0.2, 0.25) is 0 Å². The van der Waals surface area contributed by atoms with Gasteiger partial charge in [0.25, 0.3) is 0 Å². The van der Waals surface area contributed by atoms with E-state index in [9.17, 15) is 19.8 Å². The van der Waals surface area contributed by atoms with Gasteiger partial charge in [0.05, 0.1) is 0 Å². The molecule has 2 amide bonds. The van der Waals surface area contributed by atoms with E-state index < -0.39 is 23.4 Å². The van der Waals surface area contributed by atoms with Crippen LogP contribution in [-0.2, 0) is 9.47 Å². The first-order valence-electron chi connectivity index (χ1n) is 11.5. The fourth-order valence-electron chi connectivity index (χ4n) is 3.53. The van der Waals surface area contributed by atoms with Crippen molar-refractivity contribution in [3.8, 4) is 0 Å². The maximum atomic E-state index is 11.6. The second-order valence-electron chi connectivity index (χ2n) is 10.4. The first-order valence-corrected chi connectivity index (χ1v) is 11.5. The Kier molecular flexibility index (Phi) is 11.7. The van der Waals surface area contributed by atoms with Gasteiger partial charge in [-0.3, -0.25) is 0 Å². The number of ether oxygens (including phenoxy) is 2. The first-order chi connectivity index (χ1) is 14.8. The van der Waals surface area contributed by atoms with E-state index in [1.54, 1.807) is 0 Å². The van der Waals surface area contributed by atoms with Crippen molar-refractivity contribution in [1.29, 1.82) is 0 Å². The molecule has 2 heterocycles. The highest BCUT2D eigenvalue weighted by atomic mass is 16.6. The summed E-state index contributed by atoms with van der Waals surface area (Å²) >= 11 is 0. The minimum atomic E-state index is -0.480. The Morgan fingerprint density at radius 1 is 0.781 bits per heavy atom. The van der Waals surface area contributed by atoms with Gasteiger partial charge in [-0.05, 0) is 67.5 Å². The van der Waals surface area contributed by atoms with E-state index in [1.165, 1.54) is 0 Å². The second-order valence-corrected chi connectivity index (χ2v) is 10.4.